The highest BCUT2D eigenvalue weighted by molar-refractivity contribution is 4.86. The normalized spacial score (nSPS) is 10.2. The molecule has 0 fully saturated rings. The fourth-order valence-corrected chi connectivity index (χ4v) is 1.31. The summed E-state index contributed by atoms with van der Waals surface area (Å²) in [6.45, 7) is 9.84. The maximum absolute atomic E-state index is 3.89. The van der Waals surface area contributed by atoms with Gasteiger partial charge in [0.05, 0.1) is 0 Å². The van der Waals surface area contributed by atoms with Crippen LogP contribution in [-0.4, -0.2) is 0 Å². The molecule has 0 atom stereocenters. The van der Waals surface area contributed by atoms with Gasteiger partial charge in [-0.2, -0.15) is 0 Å². The van der Waals surface area contributed by atoms with Gasteiger partial charge in [-0.3, -0.25) is 0 Å². The molecule has 0 heteroatoms. The molecule has 0 aromatic heterocycles. The van der Waals surface area contributed by atoms with Crippen molar-refractivity contribution in [3.8, 4) is 0 Å². The quantitative estimate of drug-likeness (QED) is 0.368. The van der Waals surface area contributed by atoms with Gasteiger partial charge in [0.2, 0.25) is 0 Å². The standard InChI is InChI=1S/C12H23/c1-4-5-6-7-8-9-10-11-12(2)3/h1-2,4-11H2,3H3. The SMILES string of the molecule is [CH2]CCCCCCCCC(=C)C. The lowest BCUT2D eigenvalue weighted by molar-refractivity contribution is 0.596. The van der Waals surface area contributed by atoms with Crippen LogP contribution in [0, 0.1) is 6.92 Å². The Labute approximate surface area is 78.1 Å². The number of hydrogen-bond donors (Lipinski definition) is 0. The van der Waals surface area contributed by atoms with Crippen molar-refractivity contribution in [1.82, 2.24) is 0 Å². The Kier molecular flexibility index (Phi) is 8.64. The van der Waals surface area contributed by atoms with E-state index < -0.39 is 0 Å². The molecule has 0 spiro atoms. The lowest BCUT2D eigenvalue weighted by Gasteiger charge is -2.00. The monoisotopic (exact) mass is 167 g/mol. The summed E-state index contributed by atoms with van der Waals surface area (Å²) >= 11 is 0. The predicted octanol–water partition coefficient (Wildman–Crippen LogP) is 4.52. The molecular formula is C12H23. The van der Waals surface area contributed by atoms with E-state index in [4.69, 9.17) is 0 Å². The topological polar surface area (TPSA) is 0 Å². The van der Waals surface area contributed by atoms with Crippen molar-refractivity contribution in [1.29, 1.82) is 0 Å². The van der Waals surface area contributed by atoms with E-state index in [0.717, 1.165) is 6.42 Å². The third-order valence-electron chi connectivity index (χ3n) is 2.10. The Balaban J connectivity index is 2.86. The van der Waals surface area contributed by atoms with Gasteiger partial charge >= 0.3 is 0 Å². The molecule has 0 aromatic carbocycles. The van der Waals surface area contributed by atoms with Crippen LogP contribution in [0.2, 0.25) is 0 Å². The van der Waals surface area contributed by atoms with Crippen LogP contribution in [0.3, 0.4) is 0 Å². The van der Waals surface area contributed by atoms with Gasteiger partial charge in [0.25, 0.3) is 0 Å². The molecule has 0 saturated heterocycles. The van der Waals surface area contributed by atoms with Gasteiger partial charge in [0.15, 0.2) is 0 Å². The van der Waals surface area contributed by atoms with Gasteiger partial charge in [-0.15, -0.1) is 6.58 Å². The summed E-state index contributed by atoms with van der Waals surface area (Å²) in [5.74, 6) is 0. The summed E-state index contributed by atoms with van der Waals surface area (Å²) in [7, 11) is 0. The Morgan fingerprint density at radius 1 is 0.917 bits per heavy atom. The maximum Gasteiger partial charge on any atom is -0.0326 e. The van der Waals surface area contributed by atoms with Crippen LogP contribution < -0.4 is 0 Å². The molecule has 0 unspecified atom stereocenters. The average molecular weight is 167 g/mol. The van der Waals surface area contributed by atoms with Crippen molar-refractivity contribution in [2.45, 2.75) is 58.3 Å². The number of unbranched alkanes of at least 4 members (excludes halogenated alkanes) is 6. The molecule has 0 saturated carbocycles. The van der Waals surface area contributed by atoms with Gasteiger partial charge in [-0.05, 0) is 19.8 Å². The van der Waals surface area contributed by atoms with Crippen LogP contribution in [-0.2, 0) is 0 Å². The molecule has 0 aromatic rings. The zero-order valence-electron chi connectivity index (χ0n) is 8.57. The Morgan fingerprint density at radius 2 is 1.42 bits per heavy atom. The van der Waals surface area contributed by atoms with Crippen molar-refractivity contribution in [3.05, 3.63) is 19.1 Å². The van der Waals surface area contributed by atoms with Crippen LogP contribution in [0.25, 0.3) is 0 Å². The molecule has 0 nitrogen and oxygen atoms in total. The molecule has 0 bridgehead atoms. The van der Waals surface area contributed by atoms with Gasteiger partial charge in [-0.25, -0.2) is 0 Å². The van der Waals surface area contributed by atoms with Gasteiger partial charge in [-0.1, -0.05) is 51.0 Å². The van der Waals surface area contributed by atoms with E-state index in [-0.39, 0.29) is 0 Å². The van der Waals surface area contributed by atoms with Crippen LogP contribution in [0.15, 0.2) is 12.2 Å². The van der Waals surface area contributed by atoms with E-state index in [9.17, 15) is 0 Å². The third-order valence-corrected chi connectivity index (χ3v) is 2.10. The minimum atomic E-state index is 1.10. The largest absolute Gasteiger partial charge is 0.100 e. The number of allylic oxidation sites excluding steroid dienone is 1. The fraction of sp³-hybridized carbons (Fsp3) is 0.750. The fourth-order valence-electron chi connectivity index (χ4n) is 1.31. The van der Waals surface area contributed by atoms with E-state index in [1.807, 2.05) is 0 Å². The smallest absolute Gasteiger partial charge is 0.0326 e. The second-order valence-corrected chi connectivity index (χ2v) is 3.68. The van der Waals surface area contributed by atoms with Gasteiger partial charge < -0.3 is 0 Å². The van der Waals surface area contributed by atoms with Crippen molar-refractivity contribution in [2.75, 3.05) is 0 Å². The van der Waals surface area contributed by atoms with Crippen LogP contribution in [0.1, 0.15) is 58.3 Å². The summed E-state index contributed by atoms with van der Waals surface area (Å²) in [5, 5.41) is 0. The first-order valence-corrected chi connectivity index (χ1v) is 5.21. The zero-order chi connectivity index (χ0) is 9.23. The molecule has 0 aliphatic rings. The highest BCUT2D eigenvalue weighted by atomic mass is 14.0. The molecule has 0 N–H and O–H groups in total. The van der Waals surface area contributed by atoms with Crippen molar-refractivity contribution in [3.63, 3.8) is 0 Å². The highest BCUT2D eigenvalue weighted by Gasteiger charge is 1.90. The molecule has 0 rings (SSSR count). The van der Waals surface area contributed by atoms with E-state index in [1.165, 1.54) is 50.5 Å². The highest BCUT2D eigenvalue weighted by Crippen LogP contribution is 2.10. The molecular weight excluding hydrogens is 144 g/mol. The summed E-state index contributed by atoms with van der Waals surface area (Å²) < 4.78 is 0. The van der Waals surface area contributed by atoms with Crippen LogP contribution >= 0.6 is 0 Å². The van der Waals surface area contributed by atoms with Gasteiger partial charge in [0.1, 0.15) is 0 Å². The molecule has 0 aliphatic heterocycles. The van der Waals surface area contributed by atoms with Crippen molar-refractivity contribution < 1.29 is 0 Å². The van der Waals surface area contributed by atoms with Crippen molar-refractivity contribution >= 4 is 0 Å². The minimum Gasteiger partial charge on any atom is -0.100 e. The molecule has 1 radical (unpaired) electrons. The van der Waals surface area contributed by atoms with E-state index in [1.54, 1.807) is 0 Å². The Morgan fingerprint density at radius 3 is 1.92 bits per heavy atom. The maximum atomic E-state index is 3.89. The second-order valence-electron chi connectivity index (χ2n) is 3.68. The zero-order valence-corrected chi connectivity index (χ0v) is 8.57. The summed E-state index contributed by atoms with van der Waals surface area (Å²) in [6.07, 6.45) is 10.5. The first kappa shape index (κ1) is 11.7. The number of hydrogen-bond acceptors (Lipinski definition) is 0. The molecule has 0 amide bonds. The van der Waals surface area contributed by atoms with E-state index in [2.05, 4.69) is 20.4 Å². The average Bonchev–Trinajstić information content (AvgIpc) is 2.02. The summed E-state index contributed by atoms with van der Waals surface area (Å²) in [5.41, 5.74) is 1.33. The lowest BCUT2D eigenvalue weighted by atomic mass is 10.1. The molecule has 0 heterocycles. The first-order valence-electron chi connectivity index (χ1n) is 5.21. The molecule has 71 valence electrons. The Bertz CT molecular complexity index is 103. The predicted molar refractivity (Wildman–Crippen MR) is 57.1 cm³/mol. The lowest BCUT2D eigenvalue weighted by Crippen LogP contribution is -1.80. The van der Waals surface area contributed by atoms with Gasteiger partial charge in [0, 0.05) is 0 Å². The first-order chi connectivity index (χ1) is 5.77. The molecule has 12 heavy (non-hydrogen) atoms. The van der Waals surface area contributed by atoms with Crippen LogP contribution in [0.4, 0.5) is 0 Å². The second kappa shape index (κ2) is 8.83. The summed E-state index contributed by atoms with van der Waals surface area (Å²) in [6, 6.07) is 0. The van der Waals surface area contributed by atoms with Crippen LogP contribution in [0.5, 0.6) is 0 Å². The van der Waals surface area contributed by atoms with E-state index in [0.29, 0.717) is 0 Å². The minimum absolute atomic E-state index is 1.10. The molecule has 0 aliphatic carbocycles. The van der Waals surface area contributed by atoms with Crippen molar-refractivity contribution in [2.24, 2.45) is 0 Å². The third kappa shape index (κ3) is 9.74. The number of rotatable bonds is 8. The Hall–Kier alpha value is -0.260. The van der Waals surface area contributed by atoms with E-state index >= 15 is 0 Å². The summed E-state index contributed by atoms with van der Waals surface area (Å²) in [4.78, 5) is 0.